The Balaban J connectivity index is 1.84. The molecule has 2 aromatic heterocycles. The van der Waals surface area contributed by atoms with Crippen molar-refractivity contribution in [3.05, 3.63) is 52.4 Å². The van der Waals surface area contributed by atoms with Gasteiger partial charge in [0, 0.05) is 19.6 Å². The lowest BCUT2D eigenvalue weighted by molar-refractivity contribution is 0.0777. The molecular weight excluding hydrogens is 363 g/mol. The Bertz CT molecular complexity index is 952. The van der Waals surface area contributed by atoms with Gasteiger partial charge in [0.05, 0.1) is 10.3 Å². The van der Waals surface area contributed by atoms with Crippen molar-refractivity contribution in [1.82, 2.24) is 14.9 Å². The Kier molecular flexibility index (Phi) is 6.01. The predicted molar refractivity (Wildman–Crippen MR) is 108 cm³/mol. The fourth-order valence-electron chi connectivity index (χ4n) is 3.08. The maximum atomic E-state index is 13.8. The van der Waals surface area contributed by atoms with Gasteiger partial charge in [-0.15, -0.1) is 11.3 Å². The van der Waals surface area contributed by atoms with Gasteiger partial charge in [0.2, 0.25) is 0 Å². The molecule has 0 aliphatic heterocycles. The molecule has 1 amide bonds. The van der Waals surface area contributed by atoms with E-state index in [0.29, 0.717) is 42.3 Å². The lowest BCUT2D eigenvalue weighted by Gasteiger charge is -2.17. The standard InChI is InChI=1S/C20H23FN4OS/c1-4-25(5-2)20(26)17-13(3)16-18(23-12-24-19(16)27-17)22-11-10-14-8-6-7-9-15(14)21/h6-9,12H,4-5,10-11H2,1-3H3,(H,22,23,24). The number of hydrogen-bond donors (Lipinski definition) is 1. The van der Waals surface area contributed by atoms with Gasteiger partial charge in [-0.1, -0.05) is 18.2 Å². The number of thiophene rings is 1. The van der Waals surface area contributed by atoms with Crippen LogP contribution in [-0.4, -0.2) is 40.4 Å². The Morgan fingerprint density at radius 1 is 1.22 bits per heavy atom. The Labute approximate surface area is 162 Å². The molecule has 0 fully saturated rings. The largest absolute Gasteiger partial charge is 0.369 e. The molecule has 0 saturated heterocycles. The first-order chi connectivity index (χ1) is 13.1. The monoisotopic (exact) mass is 386 g/mol. The summed E-state index contributed by atoms with van der Waals surface area (Å²) in [6.07, 6.45) is 2.04. The average molecular weight is 386 g/mol. The second-order valence-electron chi connectivity index (χ2n) is 6.20. The third kappa shape index (κ3) is 3.93. The van der Waals surface area contributed by atoms with E-state index in [1.54, 1.807) is 17.0 Å². The Hall–Kier alpha value is -2.54. The molecule has 5 nitrogen and oxygen atoms in total. The highest BCUT2D eigenvalue weighted by Gasteiger charge is 2.22. The quantitative estimate of drug-likeness (QED) is 0.659. The number of aryl methyl sites for hydroxylation is 1. The molecule has 27 heavy (non-hydrogen) atoms. The number of carbonyl (C=O) groups excluding carboxylic acids is 1. The van der Waals surface area contributed by atoms with Gasteiger partial charge >= 0.3 is 0 Å². The van der Waals surface area contributed by atoms with E-state index in [1.807, 2.05) is 26.8 Å². The van der Waals surface area contributed by atoms with Gasteiger partial charge in [-0.25, -0.2) is 14.4 Å². The number of amides is 1. The molecule has 0 atom stereocenters. The minimum atomic E-state index is -0.203. The van der Waals surface area contributed by atoms with Gasteiger partial charge in [0.25, 0.3) is 5.91 Å². The van der Waals surface area contributed by atoms with Crippen LogP contribution in [0.5, 0.6) is 0 Å². The summed E-state index contributed by atoms with van der Waals surface area (Å²) in [5.41, 5.74) is 1.55. The molecule has 0 aliphatic carbocycles. The normalized spacial score (nSPS) is 11.0. The lowest BCUT2D eigenvalue weighted by Crippen LogP contribution is -2.30. The molecule has 1 N–H and O–H groups in total. The van der Waals surface area contributed by atoms with Crippen LogP contribution in [0.3, 0.4) is 0 Å². The fourth-order valence-corrected chi connectivity index (χ4v) is 4.20. The number of carbonyl (C=O) groups is 1. The summed E-state index contributed by atoms with van der Waals surface area (Å²) in [6, 6.07) is 6.76. The van der Waals surface area contributed by atoms with E-state index in [0.717, 1.165) is 15.8 Å². The van der Waals surface area contributed by atoms with Crippen molar-refractivity contribution in [2.24, 2.45) is 0 Å². The van der Waals surface area contributed by atoms with E-state index < -0.39 is 0 Å². The van der Waals surface area contributed by atoms with Crippen LogP contribution >= 0.6 is 11.3 Å². The first-order valence-corrected chi connectivity index (χ1v) is 9.89. The number of halogens is 1. The smallest absolute Gasteiger partial charge is 0.264 e. The summed E-state index contributed by atoms with van der Waals surface area (Å²) >= 11 is 1.40. The number of aromatic nitrogens is 2. The number of hydrogen-bond acceptors (Lipinski definition) is 5. The molecule has 0 aliphatic rings. The summed E-state index contributed by atoms with van der Waals surface area (Å²) in [6.45, 7) is 7.76. The molecule has 0 bridgehead atoms. The molecule has 142 valence electrons. The Morgan fingerprint density at radius 2 is 1.96 bits per heavy atom. The van der Waals surface area contributed by atoms with Crippen LogP contribution in [0.4, 0.5) is 10.2 Å². The zero-order valence-corrected chi connectivity index (χ0v) is 16.6. The van der Waals surface area contributed by atoms with Crippen molar-refractivity contribution < 1.29 is 9.18 Å². The summed E-state index contributed by atoms with van der Waals surface area (Å²) < 4.78 is 13.8. The summed E-state index contributed by atoms with van der Waals surface area (Å²) in [5.74, 6) is 0.507. The van der Waals surface area contributed by atoms with Gasteiger partial charge < -0.3 is 10.2 Å². The maximum absolute atomic E-state index is 13.8. The van der Waals surface area contributed by atoms with E-state index in [9.17, 15) is 9.18 Å². The second-order valence-corrected chi connectivity index (χ2v) is 7.20. The van der Waals surface area contributed by atoms with E-state index >= 15 is 0 Å². The van der Waals surface area contributed by atoms with Gasteiger partial charge in [0.15, 0.2) is 0 Å². The molecule has 0 spiro atoms. The summed E-state index contributed by atoms with van der Waals surface area (Å²) in [5, 5.41) is 4.14. The highest BCUT2D eigenvalue weighted by molar-refractivity contribution is 7.20. The molecule has 7 heteroatoms. The molecule has 3 aromatic rings. The van der Waals surface area contributed by atoms with Crippen molar-refractivity contribution in [2.45, 2.75) is 27.2 Å². The van der Waals surface area contributed by atoms with Crippen LogP contribution in [0.1, 0.15) is 34.6 Å². The molecule has 2 heterocycles. The van der Waals surface area contributed by atoms with Crippen LogP contribution in [-0.2, 0) is 6.42 Å². The van der Waals surface area contributed by atoms with Crippen LogP contribution in [0.2, 0.25) is 0 Å². The number of rotatable bonds is 7. The fraction of sp³-hybridized carbons (Fsp3) is 0.350. The molecule has 3 rings (SSSR count). The van der Waals surface area contributed by atoms with Crippen LogP contribution in [0.15, 0.2) is 30.6 Å². The number of benzene rings is 1. The predicted octanol–water partition coefficient (Wildman–Crippen LogP) is 4.28. The minimum absolute atomic E-state index is 0.0257. The van der Waals surface area contributed by atoms with Gasteiger partial charge in [-0.3, -0.25) is 4.79 Å². The number of fused-ring (bicyclic) bond motifs is 1. The summed E-state index contributed by atoms with van der Waals surface area (Å²) in [7, 11) is 0. The van der Waals surface area contributed by atoms with E-state index in [-0.39, 0.29) is 11.7 Å². The van der Waals surface area contributed by atoms with Gasteiger partial charge in [-0.05, 0) is 44.4 Å². The highest BCUT2D eigenvalue weighted by atomic mass is 32.1. The van der Waals surface area contributed by atoms with E-state index in [4.69, 9.17) is 0 Å². The third-order valence-corrected chi connectivity index (χ3v) is 5.80. The lowest BCUT2D eigenvalue weighted by atomic mass is 10.1. The van der Waals surface area contributed by atoms with Crippen LogP contribution in [0.25, 0.3) is 10.2 Å². The minimum Gasteiger partial charge on any atom is -0.369 e. The van der Waals surface area contributed by atoms with Gasteiger partial charge in [0.1, 0.15) is 22.8 Å². The molecular formula is C20H23FN4OS. The molecule has 0 unspecified atom stereocenters. The second kappa shape index (κ2) is 8.43. The average Bonchev–Trinajstić information content (AvgIpc) is 3.02. The zero-order valence-electron chi connectivity index (χ0n) is 15.8. The van der Waals surface area contributed by atoms with E-state index in [2.05, 4.69) is 15.3 Å². The number of nitrogens with one attached hydrogen (secondary N) is 1. The third-order valence-electron chi connectivity index (χ3n) is 4.62. The molecule has 0 saturated carbocycles. The maximum Gasteiger partial charge on any atom is 0.264 e. The van der Waals surface area contributed by atoms with Crippen molar-refractivity contribution >= 4 is 33.3 Å². The molecule has 0 radical (unpaired) electrons. The zero-order chi connectivity index (χ0) is 19.4. The SMILES string of the molecule is CCN(CC)C(=O)c1sc2ncnc(NCCc3ccccc3F)c2c1C. The Morgan fingerprint density at radius 3 is 2.67 bits per heavy atom. The number of nitrogens with zero attached hydrogens (tertiary/aromatic N) is 3. The first kappa shape index (κ1) is 19.2. The summed E-state index contributed by atoms with van der Waals surface area (Å²) in [4.78, 5) is 24.7. The van der Waals surface area contributed by atoms with Crippen molar-refractivity contribution in [1.29, 1.82) is 0 Å². The van der Waals surface area contributed by atoms with Crippen molar-refractivity contribution in [2.75, 3.05) is 25.0 Å². The topological polar surface area (TPSA) is 58.1 Å². The first-order valence-electron chi connectivity index (χ1n) is 9.07. The van der Waals surface area contributed by atoms with Gasteiger partial charge in [-0.2, -0.15) is 0 Å². The van der Waals surface area contributed by atoms with E-state index in [1.165, 1.54) is 23.7 Å². The van der Waals surface area contributed by atoms with Crippen LogP contribution < -0.4 is 5.32 Å². The highest BCUT2D eigenvalue weighted by Crippen LogP contribution is 2.34. The molecule has 1 aromatic carbocycles. The van der Waals surface area contributed by atoms with Crippen molar-refractivity contribution in [3.8, 4) is 0 Å². The van der Waals surface area contributed by atoms with Crippen LogP contribution in [0, 0.1) is 12.7 Å². The number of anilines is 1. The van der Waals surface area contributed by atoms with Crippen molar-refractivity contribution in [3.63, 3.8) is 0 Å².